The van der Waals surface area contributed by atoms with Gasteiger partial charge in [-0.15, -0.1) is 0 Å². The van der Waals surface area contributed by atoms with Crippen molar-refractivity contribution in [2.45, 2.75) is 169 Å². The molecular weight excluding hydrogens is 603 g/mol. The van der Waals surface area contributed by atoms with Gasteiger partial charge in [-0.2, -0.15) is 0 Å². The second-order valence-corrected chi connectivity index (χ2v) is 16.1. The van der Waals surface area contributed by atoms with Gasteiger partial charge in [0.2, 0.25) is 12.1 Å². The molecule has 1 saturated carbocycles. The first-order chi connectivity index (χ1) is 23.9. The third kappa shape index (κ3) is 7.53. The van der Waals surface area contributed by atoms with Crippen LogP contribution in [0.2, 0.25) is 0 Å². The Morgan fingerprint density at radius 2 is 1.02 bits per heavy atom. The van der Waals surface area contributed by atoms with Gasteiger partial charge in [0.25, 0.3) is 0 Å². The predicted molar refractivity (Wildman–Crippen MR) is 204 cm³/mol. The van der Waals surface area contributed by atoms with E-state index >= 15 is 0 Å². The predicted octanol–water partition coefficient (Wildman–Crippen LogP) is 9.86. The molecule has 3 unspecified atom stereocenters. The number of fused-ring (bicyclic) bond motifs is 5. The van der Waals surface area contributed by atoms with Crippen molar-refractivity contribution in [1.29, 1.82) is 0 Å². The first-order valence-electron chi connectivity index (χ1n) is 20.6. The molecule has 3 aliphatic heterocycles. The molecule has 5 heteroatoms. The van der Waals surface area contributed by atoms with E-state index in [0.717, 1.165) is 24.3 Å². The van der Waals surface area contributed by atoms with Crippen molar-refractivity contribution < 1.29 is 23.1 Å². The molecule has 3 heterocycles. The smallest absolute Gasteiger partial charge is 0.340 e. The lowest BCUT2D eigenvalue weighted by Gasteiger charge is -2.39. The summed E-state index contributed by atoms with van der Waals surface area (Å²) in [6.45, 7) is 19.2. The fourth-order valence-electron chi connectivity index (χ4n) is 9.47. The number of hydrogen-bond donors (Lipinski definition) is 0. The highest BCUT2D eigenvalue weighted by Crippen LogP contribution is 2.46. The molecule has 2 aromatic carbocycles. The molecule has 2 aromatic rings. The Labute approximate surface area is 299 Å². The van der Waals surface area contributed by atoms with E-state index in [0.29, 0.717) is 12.1 Å². The van der Waals surface area contributed by atoms with E-state index in [1.807, 2.05) is 0 Å². The van der Waals surface area contributed by atoms with Crippen LogP contribution in [0.5, 0.6) is 11.5 Å². The van der Waals surface area contributed by atoms with E-state index in [1.54, 1.807) is 0 Å². The second-order valence-electron chi connectivity index (χ2n) is 16.1. The minimum absolute atomic E-state index is 0.390. The zero-order valence-corrected chi connectivity index (χ0v) is 32.1. The molecule has 0 amide bonds. The first-order valence-corrected chi connectivity index (χ1v) is 20.6. The van der Waals surface area contributed by atoms with Crippen LogP contribution < -0.4 is 9.47 Å². The summed E-state index contributed by atoms with van der Waals surface area (Å²) >= 11 is 0. The number of nitrogens with zero attached hydrogens (tertiary/aromatic N) is 3. The number of ether oxygens (including phenoxy) is 2. The van der Waals surface area contributed by atoms with Gasteiger partial charge in [-0.1, -0.05) is 81.1 Å². The summed E-state index contributed by atoms with van der Waals surface area (Å²) in [5, 5.41) is 0. The van der Waals surface area contributed by atoms with Crippen LogP contribution in [0.3, 0.4) is 0 Å². The molecule has 49 heavy (non-hydrogen) atoms. The van der Waals surface area contributed by atoms with Crippen LogP contribution in [0.4, 0.5) is 0 Å². The maximum Gasteiger partial charge on any atom is 0.704 e. The summed E-state index contributed by atoms with van der Waals surface area (Å²) in [6.07, 6.45) is 26.3. The number of aryl methyl sites for hydroxylation is 4. The third-order valence-electron chi connectivity index (χ3n) is 12.2. The van der Waals surface area contributed by atoms with Gasteiger partial charge < -0.3 is 14.0 Å². The fraction of sp³-hybridized carbons (Fsp3) is 0.682. The van der Waals surface area contributed by atoms with Crippen molar-refractivity contribution in [3.05, 3.63) is 57.6 Å². The van der Waals surface area contributed by atoms with Gasteiger partial charge in [0.15, 0.2) is 23.9 Å². The van der Waals surface area contributed by atoms with Crippen LogP contribution in [-0.4, -0.2) is 70.4 Å². The maximum atomic E-state index is 7.19. The number of quaternary nitrogens is 1. The molecular formula is C44H68N3O2+3. The highest BCUT2D eigenvalue weighted by molar-refractivity contribution is 5.84. The van der Waals surface area contributed by atoms with E-state index in [9.17, 15) is 0 Å². The Balaban J connectivity index is 1.23. The lowest BCUT2D eigenvalue weighted by molar-refractivity contribution is -0.929. The molecule has 1 aliphatic carbocycles. The van der Waals surface area contributed by atoms with Crippen molar-refractivity contribution >= 4 is 12.4 Å². The monoisotopic (exact) mass is 671 g/mol. The maximum absolute atomic E-state index is 7.19. The topological polar surface area (TPSA) is 24.5 Å². The van der Waals surface area contributed by atoms with Crippen LogP contribution in [0.25, 0.3) is 0 Å². The van der Waals surface area contributed by atoms with Crippen LogP contribution >= 0.6 is 0 Å². The van der Waals surface area contributed by atoms with Crippen LogP contribution in [-0.2, 0) is 12.8 Å². The highest BCUT2D eigenvalue weighted by atomic mass is 16.7. The average Bonchev–Trinajstić information content (AvgIpc) is 3.38. The molecule has 5 nitrogen and oxygen atoms in total. The summed E-state index contributed by atoms with van der Waals surface area (Å²) in [5.74, 6) is 1.97. The number of benzene rings is 2. The van der Waals surface area contributed by atoms with E-state index in [1.165, 1.54) is 160 Å². The van der Waals surface area contributed by atoms with Crippen LogP contribution in [0, 0.1) is 13.8 Å². The van der Waals surface area contributed by atoms with Crippen LogP contribution in [0.15, 0.2) is 24.3 Å². The number of unbranched alkanes of at least 4 members (excludes halogenated alkanes) is 6. The minimum Gasteiger partial charge on any atom is -0.340 e. The van der Waals surface area contributed by atoms with E-state index < -0.39 is 6.03 Å². The van der Waals surface area contributed by atoms with Gasteiger partial charge in [-0.05, 0) is 112 Å². The quantitative estimate of drug-likeness (QED) is 0.0896. The van der Waals surface area contributed by atoms with E-state index in [2.05, 4.69) is 87.4 Å². The standard InChI is InChI=1S/C44H68N3O2/c1-7-11-15-20-36-28-34(5)42-38(30-36)32-45-40-22-16-17-23-41(40)46-33-39-31-37(29-35(6)43(39)49-44(45,46)48-42)21-18-19-27-47(24-12-8-2,25-13-9-3)26-14-10-4/h28-33,40-41H,7-27H2,1-6H3/q+3. The molecule has 3 atom stereocenters. The summed E-state index contributed by atoms with van der Waals surface area (Å²) < 4.78 is 20.6. The molecule has 0 aromatic heterocycles. The largest absolute Gasteiger partial charge is 0.704 e. The van der Waals surface area contributed by atoms with E-state index in [4.69, 9.17) is 9.47 Å². The first kappa shape index (κ1) is 36.1. The molecule has 4 aliphatic rings. The normalized spacial score (nSPS) is 22.2. The molecule has 0 bridgehead atoms. The summed E-state index contributed by atoms with van der Waals surface area (Å²) in [5.41, 5.74) is 7.75. The Kier molecular flexibility index (Phi) is 11.9. The minimum atomic E-state index is -0.947. The summed E-state index contributed by atoms with van der Waals surface area (Å²) in [6, 6.07) is 9.38. The zero-order valence-electron chi connectivity index (χ0n) is 32.1. The molecule has 1 spiro atoms. The lowest BCUT2D eigenvalue weighted by Crippen LogP contribution is -2.60. The molecule has 1 saturated heterocycles. The van der Waals surface area contributed by atoms with Crippen LogP contribution in [0.1, 0.15) is 157 Å². The summed E-state index contributed by atoms with van der Waals surface area (Å²) in [7, 11) is 0. The number of rotatable bonds is 18. The highest BCUT2D eigenvalue weighted by Gasteiger charge is 2.76. The van der Waals surface area contributed by atoms with Crippen molar-refractivity contribution in [3.63, 3.8) is 0 Å². The van der Waals surface area contributed by atoms with E-state index in [-0.39, 0.29) is 0 Å². The molecule has 0 radical (unpaired) electrons. The Hall–Kier alpha value is -2.66. The Bertz CT molecular complexity index is 1490. The Morgan fingerprint density at radius 3 is 1.47 bits per heavy atom. The van der Waals surface area contributed by atoms with Crippen molar-refractivity contribution in [2.24, 2.45) is 0 Å². The van der Waals surface area contributed by atoms with Crippen molar-refractivity contribution in [2.75, 3.05) is 26.2 Å². The van der Waals surface area contributed by atoms with Crippen molar-refractivity contribution in [1.82, 2.24) is 0 Å². The zero-order chi connectivity index (χ0) is 34.4. The summed E-state index contributed by atoms with van der Waals surface area (Å²) in [4.78, 5) is 0. The SMILES string of the molecule is CCCCCc1cc(C)c2c(c1)C=[N+]1C3CCCCC3[N+]3=Cc4cc(CCCC[N+](CCCC)(CCCC)CCCC)cc(C)c4OC13O2. The van der Waals surface area contributed by atoms with Crippen molar-refractivity contribution in [3.8, 4) is 11.5 Å². The molecule has 6 rings (SSSR count). The van der Waals surface area contributed by atoms with Gasteiger partial charge in [0.05, 0.1) is 37.3 Å². The van der Waals surface area contributed by atoms with Gasteiger partial charge >= 0.3 is 6.03 Å². The van der Waals surface area contributed by atoms with Gasteiger partial charge in [-0.25, -0.2) is 0 Å². The van der Waals surface area contributed by atoms with Gasteiger partial charge in [0.1, 0.15) is 0 Å². The molecule has 0 N–H and O–H groups in total. The van der Waals surface area contributed by atoms with Gasteiger partial charge in [-0.3, -0.25) is 0 Å². The Morgan fingerprint density at radius 1 is 0.592 bits per heavy atom. The number of hydrogen-bond acceptors (Lipinski definition) is 2. The lowest BCUT2D eigenvalue weighted by atomic mass is 9.91. The molecule has 2 fully saturated rings. The van der Waals surface area contributed by atoms with Gasteiger partial charge in [0, 0.05) is 12.8 Å². The molecule has 268 valence electrons. The second kappa shape index (κ2) is 16.1. The fourth-order valence-corrected chi connectivity index (χ4v) is 9.47. The average molecular weight is 671 g/mol. The third-order valence-corrected chi connectivity index (χ3v) is 12.2.